The lowest BCUT2D eigenvalue weighted by atomic mass is 9.74. The number of Topliss-reactive ketones (excluding diaryl/α,β-unsaturated/α-hetero) is 1. The van der Waals surface area contributed by atoms with E-state index in [2.05, 4.69) is 10.4 Å². The van der Waals surface area contributed by atoms with Crippen LogP contribution in [0.15, 0.2) is 59.7 Å². The summed E-state index contributed by atoms with van der Waals surface area (Å²) >= 11 is 0. The van der Waals surface area contributed by atoms with E-state index < -0.39 is 0 Å². The maximum absolute atomic E-state index is 11.3. The second-order valence-electron chi connectivity index (χ2n) is 4.92. The Balaban J connectivity index is 1.73. The molecule has 0 saturated heterocycles. The lowest BCUT2D eigenvalue weighted by Crippen LogP contribution is -2.49. The quantitative estimate of drug-likeness (QED) is 0.685. The Morgan fingerprint density at radius 3 is 2.43 bits per heavy atom. The summed E-state index contributed by atoms with van der Waals surface area (Å²) in [7, 11) is -0.279. The van der Waals surface area contributed by atoms with Crippen LogP contribution < -0.4 is 10.8 Å². The Kier molecular flexibility index (Phi) is 3.84. The summed E-state index contributed by atoms with van der Waals surface area (Å²) in [6.07, 6.45) is 0. The third-order valence-electron chi connectivity index (χ3n) is 3.43. The smallest absolute Gasteiger partial charge is 0.406 e. The van der Waals surface area contributed by atoms with Crippen molar-refractivity contribution >= 4 is 24.0 Å². The Morgan fingerprint density at radius 1 is 1.14 bits per heavy atom. The minimum atomic E-state index is -0.279. The molecule has 1 N–H and O–H groups in total. The lowest BCUT2D eigenvalue weighted by Gasteiger charge is -2.20. The molecular weight excluding hydrogens is 263 g/mol. The highest BCUT2D eigenvalue weighted by Crippen LogP contribution is 2.06. The average Bonchev–Trinajstić information content (AvgIpc) is 2.56. The molecule has 0 saturated carbocycles. The van der Waals surface area contributed by atoms with E-state index in [0.717, 1.165) is 16.7 Å². The molecular formula is C16H15BN2O2. The standard InChI is InChI=1S/C16H15BN2O2/c1-12(20)13-7-9-15(10-8-13)17-19-18-16(11-21-17)14-5-3-2-4-6-14/h2-10,19H,11H2,1H3. The maximum atomic E-state index is 11.3. The highest BCUT2D eigenvalue weighted by atomic mass is 16.4. The first-order chi connectivity index (χ1) is 10.2. The number of hydrogen-bond acceptors (Lipinski definition) is 4. The van der Waals surface area contributed by atoms with Crippen LogP contribution in [0.25, 0.3) is 0 Å². The molecule has 1 aliphatic rings. The third kappa shape index (κ3) is 3.03. The first-order valence-corrected chi connectivity index (χ1v) is 6.84. The van der Waals surface area contributed by atoms with Crippen LogP contribution in [0.4, 0.5) is 0 Å². The molecule has 0 aliphatic carbocycles. The molecule has 5 heteroatoms. The van der Waals surface area contributed by atoms with E-state index in [1.807, 2.05) is 42.5 Å². The molecule has 0 unspecified atom stereocenters. The number of benzene rings is 2. The number of hydrazone groups is 1. The van der Waals surface area contributed by atoms with Crippen molar-refractivity contribution in [3.63, 3.8) is 0 Å². The van der Waals surface area contributed by atoms with Crippen molar-refractivity contribution in [2.24, 2.45) is 5.10 Å². The molecule has 104 valence electrons. The van der Waals surface area contributed by atoms with Gasteiger partial charge in [0.05, 0.1) is 12.3 Å². The van der Waals surface area contributed by atoms with Crippen molar-refractivity contribution in [1.82, 2.24) is 5.34 Å². The topological polar surface area (TPSA) is 50.7 Å². The van der Waals surface area contributed by atoms with Gasteiger partial charge in [-0.15, -0.1) is 0 Å². The number of carbonyl (C=O) groups excluding carboxylic acids is 1. The Morgan fingerprint density at radius 2 is 1.86 bits per heavy atom. The molecule has 0 amide bonds. The second kappa shape index (κ2) is 5.93. The van der Waals surface area contributed by atoms with Crippen molar-refractivity contribution in [2.75, 3.05) is 6.61 Å². The van der Waals surface area contributed by atoms with Gasteiger partial charge in [-0.25, -0.2) is 0 Å². The zero-order chi connectivity index (χ0) is 14.7. The number of nitrogens with zero attached hydrogens (tertiary/aromatic N) is 1. The summed E-state index contributed by atoms with van der Waals surface area (Å²) in [4.78, 5) is 11.3. The predicted molar refractivity (Wildman–Crippen MR) is 83.9 cm³/mol. The van der Waals surface area contributed by atoms with Gasteiger partial charge in [-0.2, -0.15) is 5.10 Å². The van der Waals surface area contributed by atoms with Gasteiger partial charge in [-0.1, -0.05) is 54.6 Å². The van der Waals surface area contributed by atoms with Crippen LogP contribution >= 0.6 is 0 Å². The van der Waals surface area contributed by atoms with E-state index in [1.54, 1.807) is 19.1 Å². The Labute approximate surface area is 124 Å². The molecule has 2 aromatic carbocycles. The van der Waals surface area contributed by atoms with Gasteiger partial charge in [-0.05, 0) is 17.9 Å². The number of rotatable bonds is 3. The third-order valence-corrected chi connectivity index (χ3v) is 3.43. The van der Waals surface area contributed by atoms with Gasteiger partial charge in [-0.3, -0.25) is 4.79 Å². The minimum Gasteiger partial charge on any atom is -0.406 e. The summed E-state index contributed by atoms with van der Waals surface area (Å²) in [5.74, 6) is 0.0588. The van der Waals surface area contributed by atoms with Crippen molar-refractivity contribution in [3.05, 3.63) is 65.7 Å². The van der Waals surface area contributed by atoms with Gasteiger partial charge in [0.15, 0.2) is 5.78 Å². The average molecular weight is 278 g/mol. The number of nitrogens with one attached hydrogen (secondary N) is 1. The summed E-state index contributed by atoms with van der Waals surface area (Å²) in [5.41, 5.74) is 3.58. The summed E-state index contributed by atoms with van der Waals surface area (Å²) in [6, 6.07) is 17.3. The van der Waals surface area contributed by atoms with E-state index in [1.165, 1.54) is 0 Å². The number of ketones is 1. The molecule has 0 spiro atoms. The highest BCUT2D eigenvalue weighted by Gasteiger charge is 2.24. The van der Waals surface area contributed by atoms with Crippen LogP contribution in [0, 0.1) is 0 Å². The van der Waals surface area contributed by atoms with Gasteiger partial charge >= 0.3 is 7.05 Å². The van der Waals surface area contributed by atoms with Gasteiger partial charge < -0.3 is 9.99 Å². The van der Waals surface area contributed by atoms with Crippen LogP contribution in [0.2, 0.25) is 0 Å². The van der Waals surface area contributed by atoms with Crippen LogP contribution in [-0.2, 0) is 4.65 Å². The van der Waals surface area contributed by atoms with Crippen LogP contribution in [-0.4, -0.2) is 25.2 Å². The SMILES string of the molecule is CC(=O)c1ccc(B2NN=C(c3ccccc3)CO2)cc1. The zero-order valence-electron chi connectivity index (χ0n) is 11.7. The first kappa shape index (κ1) is 13.6. The maximum Gasteiger partial charge on any atom is 0.466 e. The largest absolute Gasteiger partial charge is 0.466 e. The molecule has 0 atom stereocenters. The number of hydrogen-bond donors (Lipinski definition) is 1. The monoisotopic (exact) mass is 278 g/mol. The summed E-state index contributed by atoms with van der Waals surface area (Å²) in [6.45, 7) is 2.01. The second-order valence-corrected chi connectivity index (χ2v) is 4.92. The zero-order valence-corrected chi connectivity index (χ0v) is 11.7. The van der Waals surface area contributed by atoms with Gasteiger partial charge in [0.25, 0.3) is 0 Å². The van der Waals surface area contributed by atoms with E-state index in [9.17, 15) is 4.79 Å². The molecule has 0 bridgehead atoms. The fraction of sp³-hybridized carbons (Fsp3) is 0.125. The normalized spacial score (nSPS) is 14.3. The molecule has 1 heterocycles. The van der Waals surface area contributed by atoms with Crippen LogP contribution in [0.1, 0.15) is 22.8 Å². The van der Waals surface area contributed by atoms with E-state index in [-0.39, 0.29) is 12.8 Å². The fourth-order valence-electron chi connectivity index (χ4n) is 2.21. The van der Waals surface area contributed by atoms with E-state index in [0.29, 0.717) is 12.2 Å². The Bertz CT molecular complexity index is 668. The molecule has 4 nitrogen and oxygen atoms in total. The van der Waals surface area contributed by atoms with Gasteiger partial charge in [0.1, 0.15) is 0 Å². The molecule has 2 aromatic rings. The van der Waals surface area contributed by atoms with Gasteiger partial charge in [0.2, 0.25) is 0 Å². The Hall–Kier alpha value is -2.40. The predicted octanol–water partition coefficient (Wildman–Crippen LogP) is 1.61. The van der Waals surface area contributed by atoms with Crippen LogP contribution in [0.5, 0.6) is 0 Å². The number of carbonyl (C=O) groups is 1. The molecule has 21 heavy (non-hydrogen) atoms. The van der Waals surface area contributed by atoms with Crippen molar-refractivity contribution in [3.8, 4) is 0 Å². The fourth-order valence-corrected chi connectivity index (χ4v) is 2.21. The first-order valence-electron chi connectivity index (χ1n) is 6.84. The molecule has 3 rings (SSSR count). The summed E-state index contributed by atoms with van der Waals surface area (Å²) < 4.78 is 5.80. The minimum absolute atomic E-state index is 0.0588. The van der Waals surface area contributed by atoms with Crippen molar-refractivity contribution in [2.45, 2.75) is 6.92 Å². The molecule has 0 radical (unpaired) electrons. The molecule has 0 aromatic heterocycles. The van der Waals surface area contributed by atoms with E-state index >= 15 is 0 Å². The van der Waals surface area contributed by atoms with Crippen LogP contribution in [0.3, 0.4) is 0 Å². The highest BCUT2D eigenvalue weighted by molar-refractivity contribution is 6.65. The van der Waals surface area contributed by atoms with Gasteiger partial charge in [0, 0.05) is 5.56 Å². The lowest BCUT2D eigenvalue weighted by molar-refractivity contribution is 0.101. The summed E-state index contributed by atoms with van der Waals surface area (Å²) in [5, 5.41) is 7.40. The van der Waals surface area contributed by atoms with Crippen molar-refractivity contribution < 1.29 is 9.45 Å². The van der Waals surface area contributed by atoms with E-state index in [4.69, 9.17) is 4.65 Å². The van der Waals surface area contributed by atoms with Crippen molar-refractivity contribution in [1.29, 1.82) is 0 Å². The molecule has 0 fully saturated rings. The molecule has 1 aliphatic heterocycles.